The fourth-order valence-corrected chi connectivity index (χ4v) is 11.3. The first-order valence-corrected chi connectivity index (χ1v) is 30.6. The van der Waals surface area contributed by atoms with E-state index in [1.54, 1.807) is 25.7 Å². The lowest BCUT2D eigenvalue weighted by Crippen LogP contribution is -2.38. The van der Waals surface area contributed by atoms with Crippen molar-refractivity contribution in [2.75, 3.05) is 39.3 Å². The van der Waals surface area contributed by atoms with Crippen LogP contribution in [0.1, 0.15) is 180 Å². The first-order chi connectivity index (χ1) is 40.0. The molecule has 0 bridgehead atoms. The van der Waals surface area contributed by atoms with Gasteiger partial charge in [-0.1, -0.05) is 72.8 Å². The summed E-state index contributed by atoms with van der Waals surface area (Å²) in [5.74, 6) is -3.60. The zero-order valence-corrected chi connectivity index (χ0v) is 54.5. The molecule has 85 heavy (non-hydrogen) atoms. The fourth-order valence-electron chi connectivity index (χ4n) is 11.3. The molecule has 3 fully saturated rings. The molecule has 6 atom stereocenters. The van der Waals surface area contributed by atoms with Crippen molar-refractivity contribution >= 4 is 36.2 Å². The third-order valence-corrected chi connectivity index (χ3v) is 14.8. The average molecular weight is 1180 g/mol. The third-order valence-electron chi connectivity index (χ3n) is 14.8. The molecule has 0 saturated carbocycles. The number of amides is 3. The zero-order chi connectivity index (χ0) is 64.8. The van der Waals surface area contributed by atoms with Crippen LogP contribution in [0.25, 0.3) is 0 Å². The number of carbonyl (C=O) groups excluding carboxylic acids is 6. The maximum Gasteiger partial charge on any atom is 0.410 e. The minimum atomic E-state index is -2.15. The van der Waals surface area contributed by atoms with Crippen LogP contribution in [0.4, 0.5) is 14.4 Å². The average Bonchev–Trinajstić information content (AvgIpc) is 4.07. The SMILES string of the molecule is [2H]C([2H])(c1cccc(C[C@H](C(=O)OC(C)(C)C)C2CCN(C(=O)OC(C)(C)C)C2)c1)N(Cc1cccc(C[C@H](C(=O)OC(C)(C)C)[C@H]2CCN(C(=O)OC(C)(C)C)C2)c1)Cc1cccc(C[C@H](C(=O)OC(C)(C)C)[C@H]2CCN(C(=O)OC(C)(C)C)C2)c1. The maximum absolute atomic E-state index is 14.2. The standard InChI is InChI=1S/C69H102N4O12/c1-64(2,3)80-58(74)55(52-28-31-71(43-52)61(77)83-67(10,11)12)37-46-22-19-25-49(34-46)40-70(41-50-26-20-23-47(35-50)38-56(59(75)81-65(4,5)6)53-29-32-72(44-53)62(78)84-68(13,14)15)42-51-27-21-24-48(36-51)39-57(60(76)82-66(7,8)9)54-30-33-73(45-54)63(79)85-69(16,17)18/h19-27,34-36,52-57H,28-33,37-45H2,1-18H3/t52-,53-,54?,55-,56-,57-/m0/s1/i40D2/t52?,53-,54-,55-,56-,57-. The van der Waals surface area contributed by atoms with Crippen LogP contribution in [0.3, 0.4) is 0 Å². The van der Waals surface area contributed by atoms with Crippen LogP contribution in [0.5, 0.6) is 0 Å². The number of hydrogen-bond acceptors (Lipinski definition) is 13. The highest BCUT2D eigenvalue weighted by molar-refractivity contribution is 5.76. The van der Waals surface area contributed by atoms with Crippen LogP contribution >= 0.6 is 0 Å². The van der Waals surface area contributed by atoms with Crippen molar-refractivity contribution < 1.29 is 59.9 Å². The van der Waals surface area contributed by atoms with E-state index in [-0.39, 0.29) is 49.2 Å². The summed E-state index contributed by atoms with van der Waals surface area (Å²) in [6.07, 6.45) is 1.31. The number of carbonyl (C=O) groups is 6. The Morgan fingerprint density at radius 2 is 0.659 bits per heavy atom. The molecule has 6 rings (SSSR count). The third kappa shape index (κ3) is 22.6. The van der Waals surface area contributed by atoms with Crippen molar-refractivity contribution in [3.05, 3.63) is 106 Å². The van der Waals surface area contributed by atoms with E-state index in [2.05, 4.69) is 0 Å². The van der Waals surface area contributed by atoms with E-state index < -0.39 is 82.1 Å². The topological polar surface area (TPSA) is 171 Å². The van der Waals surface area contributed by atoms with E-state index in [1.165, 1.54) is 0 Å². The van der Waals surface area contributed by atoms with Gasteiger partial charge in [0.2, 0.25) is 0 Å². The molecule has 3 aromatic carbocycles. The van der Waals surface area contributed by atoms with Gasteiger partial charge in [-0.15, -0.1) is 0 Å². The summed E-state index contributed by atoms with van der Waals surface area (Å²) in [7, 11) is 0. The van der Waals surface area contributed by atoms with Crippen molar-refractivity contribution in [3.8, 4) is 0 Å². The predicted molar refractivity (Wildman–Crippen MR) is 329 cm³/mol. The lowest BCUT2D eigenvalue weighted by atomic mass is 9.85. The Morgan fingerprint density at radius 1 is 0.412 bits per heavy atom. The number of esters is 3. The summed E-state index contributed by atoms with van der Waals surface area (Å²) in [6.45, 7) is 33.3. The van der Waals surface area contributed by atoms with Crippen LogP contribution < -0.4 is 0 Å². The largest absolute Gasteiger partial charge is 0.460 e. The van der Waals surface area contributed by atoms with E-state index in [9.17, 15) is 31.5 Å². The number of likely N-dealkylation sites (tertiary alicyclic amines) is 3. The smallest absolute Gasteiger partial charge is 0.410 e. The van der Waals surface area contributed by atoms with E-state index in [4.69, 9.17) is 28.4 Å². The van der Waals surface area contributed by atoms with E-state index in [1.807, 2.05) is 191 Å². The molecule has 16 nitrogen and oxygen atoms in total. The highest BCUT2D eigenvalue weighted by atomic mass is 16.6. The van der Waals surface area contributed by atoms with Gasteiger partial charge in [-0.3, -0.25) is 19.3 Å². The Bertz CT molecular complexity index is 2760. The molecule has 3 heterocycles. The Labute approximate surface area is 511 Å². The lowest BCUT2D eigenvalue weighted by Gasteiger charge is -2.29. The van der Waals surface area contributed by atoms with Crippen LogP contribution in [0, 0.1) is 35.5 Å². The second kappa shape index (κ2) is 27.7. The number of benzene rings is 3. The van der Waals surface area contributed by atoms with Crippen LogP contribution in [0.2, 0.25) is 0 Å². The molecule has 16 heteroatoms. The summed E-state index contributed by atoms with van der Waals surface area (Å²) in [4.78, 5) is 89.1. The first kappa shape index (κ1) is 64.8. The van der Waals surface area contributed by atoms with Gasteiger partial charge >= 0.3 is 36.2 Å². The van der Waals surface area contributed by atoms with E-state index in [0.717, 1.165) is 27.8 Å². The molecule has 0 spiro atoms. The van der Waals surface area contributed by atoms with Crippen molar-refractivity contribution in [2.24, 2.45) is 35.5 Å². The minimum Gasteiger partial charge on any atom is -0.460 e. The monoisotopic (exact) mass is 1180 g/mol. The summed E-state index contributed by atoms with van der Waals surface area (Å²) in [5, 5.41) is 0. The molecule has 0 N–H and O–H groups in total. The van der Waals surface area contributed by atoms with Gasteiger partial charge in [-0.05, 0) is 214 Å². The molecule has 0 aliphatic carbocycles. The number of rotatable bonds is 18. The summed E-state index contributed by atoms with van der Waals surface area (Å²) >= 11 is 0. The zero-order valence-electron chi connectivity index (χ0n) is 56.5. The van der Waals surface area contributed by atoms with Gasteiger partial charge in [0.1, 0.15) is 33.6 Å². The Hall–Kier alpha value is -6.16. The fraction of sp³-hybridized carbons (Fsp3) is 0.652. The Kier molecular flexibility index (Phi) is 21.1. The summed E-state index contributed by atoms with van der Waals surface area (Å²) in [5.41, 5.74) is 0.00419. The van der Waals surface area contributed by atoms with Gasteiger partial charge in [0.15, 0.2) is 0 Å². The molecule has 0 radical (unpaired) electrons. The van der Waals surface area contributed by atoms with Crippen LogP contribution in [-0.4, -0.2) is 129 Å². The molecule has 3 aliphatic rings. The number of ether oxygens (including phenoxy) is 6. The molecule has 470 valence electrons. The van der Waals surface area contributed by atoms with Gasteiger partial charge in [-0.2, -0.15) is 0 Å². The molecule has 3 amide bonds. The molecule has 3 aromatic rings. The maximum atomic E-state index is 14.2. The molecular weight excluding hydrogens is 1080 g/mol. The molecule has 3 aliphatic heterocycles. The Morgan fingerprint density at radius 3 is 0.929 bits per heavy atom. The van der Waals surface area contributed by atoms with Crippen LogP contribution in [0.15, 0.2) is 72.8 Å². The van der Waals surface area contributed by atoms with Crippen LogP contribution in [-0.2, 0) is 81.7 Å². The van der Waals surface area contributed by atoms with Crippen molar-refractivity contribution in [3.63, 3.8) is 0 Å². The van der Waals surface area contributed by atoms with Crippen molar-refractivity contribution in [1.82, 2.24) is 19.6 Å². The second-order valence-electron chi connectivity index (χ2n) is 29.8. The number of nitrogens with zero attached hydrogens (tertiary/aromatic N) is 4. The highest BCUT2D eigenvalue weighted by Gasteiger charge is 2.42. The van der Waals surface area contributed by atoms with E-state index >= 15 is 0 Å². The second-order valence-corrected chi connectivity index (χ2v) is 29.8. The molecule has 1 unspecified atom stereocenters. The molecule has 0 aromatic heterocycles. The normalized spacial score (nSPS) is 19.6. The summed E-state index contributed by atoms with van der Waals surface area (Å²) in [6, 6.07) is 23.0. The summed E-state index contributed by atoms with van der Waals surface area (Å²) < 4.78 is 55.7. The quantitative estimate of drug-likeness (QED) is 0.0871. The minimum absolute atomic E-state index is 0.120. The van der Waals surface area contributed by atoms with Gasteiger partial charge in [0.05, 0.1) is 17.8 Å². The highest BCUT2D eigenvalue weighted by Crippen LogP contribution is 2.35. The van der Waals surface area contributed by atoms with Gasteiger partial charge < -0.3 is 43.1 Å². The molecular formula is C69H102N4O12. The first-order valence-electron chi connectivity index (χ1n) is 31.6. The predicted octanol–water partition coefficient (Wildman–Crippen LogP) is 13.2. The van der Waals surface area contributed by atoms with Gasteiger partial charge in [0.25, 0.3) is 0 Å². The Balaban J connectivity index is 1.36. The lowest BCUT2D eigenvalue weighted by molar-refractivity contribution is -0.163. The van der Waals surface area contributed by atoms with Crippen molar-refractivity contribution in [2.45, 2.75) is 216 Å². The number of hydrogen-bond donors (Lipinski definition) is 0. The van der Waals surface area contributed by atoms with Gasteiger partial charge in [-0.25, -0.2) is 14.4 Å². The van der Waals surface area contributed by atoms with Gasteiger partial charge in [0, 0.05) is 61.6 Å². The van der Waals surface area contributed by atoms with E-state index in [0.29, 0.717) is 76.9 Å². The van der Waals surface area contributed by atoms with Crippen molar-refractivity contribution in [1.29, 1.82) is 0 Å². The molecule has 3 saturated heterocycles.